The Labute approximate surface area is 133 Å². The zero-order valence-electron chi connectivity index (χ0n) is 13.1. The van der Waals surface area contributed by atoms with Gasteiger partial charge in [0.15, 0.2) is 0 Å². The first-order valence-corrected chi connectivity index (χ1v) is 10.1. The van der Waals surface area contributed by atoms with Crippen LogP contribution in [-0.4, -0.2) is 32.5 Å². The van der Waals surface area contributed by atoms with Crippen molar-refractivity contribution in [1.82, 2.24) is 4.72 Å². The second kappa shape index (κ2) is 9.33. The molecule has 0 bridgehead atoms. The van der Waals surface area contributed by atoms with Crippen molar-refractivity contribution in [2.75, 3.05) is 23.4 Å². The molecule has 2 N–H and O–H groups in total. The maximum atomic E-state index is 12.3. The Morgan fingerprint density at radius 1 is 1.19 bits per heavy atom. The van der Waals surface area contributed by atoms with E-state index in [1.54, 1.807) is 12.1 Å². The summed E-state index contributed by atoms with van der Waals surface area (Å²) in [6, 6.07) is 6.86. The molecule has 1 aromatic carbocycles. The molecule has 0 radical (unpaired) electrons. The minimum atomic E-state index is -3.42. The van der Waals surface area contributed by atoms with Gasteiger partial charge in [0.2, 0.25) is 10.0 Å². The third kappa shape index (κ3) is 6.72. The molecular weight excluding hydrogens is 304 g/mol. The molecule has 0 aromatic heterocycles. The van der Waals surface area contributed by atoms with Crippen molar-refractivity contribution in [2.45, 2.75) is 44.6 Å². The molecule has 0 spiro atoms. The molecule has 0 heterocycles. The Morgan fingerprint density at radius 2 is 1.86 bits per heavy atom. The van der Waals surface area contributed by atoms with E-state index in [1.165, 1.54) is 0 Å². The third-order valence-corrected chi connectivity index (χ3v) is 5.54. The van der Waals surface area contributed by atoms with Gasteiger partial charge in [0.1, 0.15) is 0 Å². The van der Waals surface area contributed by atoms with Crippen LogP contribution >= 0.6 is 11.8 Å². The quantitative estimate of drug-likeness (QED) is 0.646. The first-order chi connectivity index (χ1) is 9.99. The van der Waals surface area contributed by atoms with Crippen molar-refractivity contribution in [3.05, 3.63) is 24.3 Å². The maximum Gasteiger partial charge on any atom is 0.240 e. The predicted molar refractivity (Wildman–Crippen MR) is 92.6 cm³/mol. The highest BCUT2D eigenvalue weighted by Gasteiger charge is 2.16. The Balaban J connectivity index is 2.61. The Kier molecular flexibility index (Phi) is 8.14. The van der Waals surface area contributed by atoms with Crippen molar-refractivity contribution in [3.8, 4) is 0 Å². The van der Waals surface area contributed by atoms with E-state index in [4.69, 9.17) is 0 Å². The Hall–Kier alpha value is -0.720. The van der Waals surface area contributed by atoms with Crippen LogP contribution in [0.5, 0.6) is 0 Å². The fourth-order valence-electron chi connectivity index (χ4n) is 1.82. The number of nitrogens with one attached hydrogen (secondary N) is 2. The molecule has 1 rings (SSSR count). The fraction of sp³-hybridized carbons (Fsp3) is 0.600. The molecule has 0 fully saturated rings. The van der Waals surface area contributed by atoms with E-state index in [0.29, 0.717) is 4.90 Å². The summed E-state index contributed by atoms with van der Waals surface area (Å²) in [5.74, 6) is 2.03. The van der Waals surface area contributed by atoms with Crippen LogP contribution < -0.4 is 10.0 Å². The molecule has 1 aromatic rings. The van der Waals surface area contributed by atoms with Crippen LogP contribution in [0.1, 0.15) is 33.6 Å². The molecule has 0 saturated carbocycles. The van der Waals surface area contributed by atoms with Gasteiger partial charge >= 0.3 is 0 Å². The van der Waals surface area contributed by atoms with Gasteiger partial charge in [-0.05, 0) is 55.5 Å². The SMILES string of the molecule is CCCNc1ccc(S(=O)(=O)NC(C)CCSCC)cc1. The normalized spacial score (nSPS) is 13.1. The fourth-order valence-corrected chi connectivity index (χ4v) is 3.90. The molecule has 0 saturated heterocycles. The number of rotatable bonds is 10. The predicted octanol–water partition coefficient (Wildman–Crippen LogP) is 3.32. The molecule has 0 aliphatic heterocycles. The standard InChI is InChI=1S/C15H26N2O2S2/c1-4-11-16-14-6-8-15(9-7-14)21(18,19)17-13(3)10-12-20-5-2/h6-9,13,16-17H,4-5,10-12H2,1-3H3. The zero-order chi connectivity index (χ0) is 15.7. The smallest absolute Gasteiger partial charge is 0.240 e. The van der Waals surface area contributed by atoms with Crippen LogP contribution in [0.4, 0.5) is 5.69 Å². The van der Waals surface area contributed by atoms with Gasteiger partial charge in [0.05, 0.1) is 4.90 Å². The molecule has 21 heavy (non-hydrogen) atoms. The van der Waals surface area contributed by atoms with Crippen LogP contribution in [0, 0.1) is 0 Å². The van der Waals surface area contributed by atoms with E-state index >= 15 is 0 Å². The van der Waals surface area contributed by atoms with Crippen molar-refractivity contribution in [1.29, 1.82) is 0 Å². The van der Waals surface area contributed by atoms with Crippen LogP contribution in [0.2, 0.25) is 0 Å². The van der Waals surface area contributed by atoms with Crippen molar-refractivity contribution >= 4 is 27.5 Å². The number of anilines is 1. The lowest BCUT2D eigenvalue weighted by atomic mass is 10.3. The number of benzene rings is 1. The lowest BCUT2D eigenvalue weighted by Gasteiger charge is -2.14. The topological polar surface area (TPSA) is 58.2 Å². The van der Waals surface area contributed by atoms with E-state index in [2.05, 4.69) is 23.9 Å². The zero-order valence-corrected chi connectivity index (χ0v) is 14.7. The molecule has 120 valence electrons. The number of sulfonamides is 1. The maximum absolute atomic E-state index is 12.3. The monoisotopic (exact) mass is 330 g/mol. The lowest BCUT2D eigenvalue weighted by molar-refractivity contribution is 0.557. The van der Waals surface area contributed by atoms with Gasteiger partial charge in [0.25, 0.3) is 0 Å². The van der Waals surface area contributed by atoms with Gasteiger partial charge in [-0.15, -0.1) is 0 Å². The van der Waals surface area contributed by atoms with E-state index in [1.807, 2.05) is 30.8 Å². The Morgan fingerprint density at radius 3 is 2.43 bits per heavy atom. The highest BCUT2D eigenvalue weighted by Crippen LogP contribution is 2.15. The highest BCUT2D eigenvalue weighted by atomic mass is 32.2. The molecular formula is C15H26N2O2S2. The van der Waals surface area contributed by atoms with Crippen LogP contribution in [0.25, 0.3) is 0 Å². The summed E-state index contributed by atoms with van der Waals surface area (Å²) in [6.45, 7) is 6.99. The largest absolute Gasteiger partial charge is 0.385 e. The van der Waals surface area contributed by atoms with Crippen molar-refractivity contribution in [3.63, 3.8) is 0 Å². The average molecular weight is 331 g/mol. The summed E-state index contributed by atoms with van der Waals surface area (Å²) in [5.41, 5.74) is 0.947. The van der Waals surface area contributed by atoms with Gasteiger partial charge in [-0.3, -0.25) is 0 Å². The van der Waals surface area contributed by atoms with Crippen LogP contribution in [0.3, 0.4) is 0 Å². The summed E-state index contributed by atoms with van der Waals surface area (Å²) < 4.78 is 27.3. The summed E-state index contributed by atoms with van der Waals surface area (Å²) in [5, 5.41) is 3.23. The van der Waals surface area contributed by atoms with Crippen molar-refractivity contribution in [2.24, 2.45) is 0 Å². The van der Waals surface area contributed by atoms with Gasteiger partial charge in [-0.25, -0.2) is 13.1 Å². The van der Waals surface area contributed by atoms with Gasteiger partial charge in [-0.2, -0.15) is 11.8 Å². The average Bonchev–Trinajstić information content (AvgIpc) is 2.45. The molecule has 4 nitrogen and oxygen atoms in total. The third-order valence-electron chi connectivity index (χ3n) is 3.00. The second-order valence-electron chi connectivity index (χ2n) is 4.96. The van der Waals surface area contributed by atoms with E-state index in [9.17, 15) is 8.42 Å². The van der Waals surface area contributed by atoms with E-state index in [-0.39, 0.29) is 6.04 Å². The lowest BCUT2D eigenvalue weighted by Crippen LogP contribution is -2.33. The van der Waals surface area contributed by atoms with Crippen molar-refractivity contribution < 1.29 is 8.42 Å². The molecule has 6 heteroatoms. The number of thioether (sulfide) groups is 1. The minimum absolute atomic E-state index is 0.0491. The molecule has 1 unspecified atom stereocenters. The van der Waals surface area contributed by atoms with Gasteiger partial charge in [0, 0.05) is 18.3 Å². The second-order valence-corrected chi connectivity index (χ2v) is 8.07. The number of hydrogen-bond acceptors (Lipinski definition) is 4. The Bertz CT molecular complexity index is 501. The highest BCUT2D eigenvalue weighted by molar-refractivity contribution is 7.99. The molecule has 0 aliphatic carbocycles. The van der Waals surface area contributed by atoms with E-state index in [0.717, 1.165) is 36.6 Å². The molecule has 0 aliphatic rings. The minimum Gasteiger partial charge on any atom is -0.385 e. The van der Waals surface area contributed by atoms with E-state index < -0.39 is 10.0 Å². The van der Waals surface area contributed by atoms with Gasteiger partial charge < -0.3 is 5.32 Å². The first-order valence-electron chi connectivity index (χ1n) is 7.43. The molecule has 1 atom stereocenters. The summed E-state index contributed by atoms with van der Waals surface area (Å²) >= 11 is 1.82. The summed E-state index contributed by atoms with van der Waals surface area (Å²) in [6.07, 6.45) is 1.88. The number of hydrogen-bond donors (Lipinski definition) is 2. The first kappa shape index (κ1) is 18.3. The summed E-state index contributed by atoms with van der Waals surface area (Å²) in [4.78, 5) is 0.319. The van der Waals surface area contributed by atoms with Gasteiger partial charge in [-0.1, -0.05) is 13.8 Å². The van der Waals surface area contributed by atoms with Crippen LogP contribution in [-0.2, 0) is 10.0 Å². The summed E-state index contributed by atoms with van der Waals surface area (Å²) in [7, 11) is -3.42. The van der Waals surface area contributed by atoms with Crippen LogP contribution in [0.15, 0.2) is 29.2 Å². The molecule has 0 amide bonds.